The third-order valence-electron chi connectivity index (χ3n) is 4.20. The molecular weight excluding hydrogens is 614 g/mol. The fourth-order valence-electron chi connectivity index (χ4n) is 2.73. The Balaban J connectivity index is 1.93. The summed E-state index contributed by atoms with van der Waals surface area (Å²) in [7, 11) is -3.90. The maximum atomic E-state index is 13.3. The Morgan fingerprint density at radius 1 is 0.931 bits per heavy atom. The van der Waals surface area contributed by atoms with E-state index in [9.17, 15) is 13.2 Å². The van der Waals surface area contributed by atoms with E-state index in [2.05, 4.69) is 50.5 Å². The minimum Gasteiger partial charge on any atom is -0.324 e. The molecule has 0 fully saturated rings. The lowest BCUT2D eigenvalue weighted by molar-refractivity contribution is -0.114. The first-order valence-corrected chi connectivity index (χ1v) is 12.3. The number of aryl methyl sites for hydroxylation is 1. The van der Waals surface area contributed by atoms with E-state index < -0.39 is 15.9 Å². The van der Waals surface area contributed by atoms with Gasteiger partial charge in [-0.05, 0) is 112 Å². The number of rotatable bonds is 6. The van der Waals surface area contributed by atoms with Crippen LogP contribution in [0.1, 0.15) is 5.56 Å². The Morgan fingerprint density at radius 3 is 2.17 bits per heavy atom. The Hall–Kier alpha value is -1.66. The first kappa shape index (κ1) is 22.0. The van der Waals surface area contributed by atoms with Crippen molar-refractivity contribution in [3.8, 4) is 0 Å². The van der Waals surface area contributed by atoms with Crippen molar-refractivity contribution in [3.05, 3.63) is 85.5 Å². The number of carbonyl (C=O) groups excluding carboxylic acids is 1. The normalized spacial score (nSPS) is 11.1. The van der Waals surface area contributed by atoms with Gasteiger partial charge in [0.05, 0.1) is 10.6 Å². The van der Waals surface area contributed by atoms with Crippen molar-refractivity contribution < 1.29 is 13.2 Å². The average Bonchev–Trinajstić information content (AvgIpc) is 2.70. The van der Waals surface area contributed by atoms with Crippen molar-refractivity contribution in [1.29, 1.82) is 0 Å². The van der Waals surface area contributed by atoms with Crippen LogP contribution >= 0.6 is 45.2 Å². The number of sulfonamides is 1. The van der Waals surface area contributed by atoms with Crippen molar-refractivity contribution >= 4 is 72.5 Å². The second-order valence-electron chi connectivity index (χ2n) is 6.31. The van der Waals surface area contributed by atoms with E-state index in [1.54, 1.807) is 30.3 Å². The maximum absolute atomic E-state index is 13.3. The second-order valence-corrected chi connectivity index (χ2v) is 10.7. The quantitative estimate of drug-likeness (QED) is 0.388. The zero-order valence-electron chi connectivity index (χ0n) is 15.5. The largest absolute Gasteiger partial charge is 0.324 e. The highest BCUT2D eigenvalue weighted by molar-refractivity contribution is 14.1. The van der Waals surface area contributed by atoms with Gasteiger partial charge in [0.15, 0.2) is 0 Å². The number of nitrogens with one attached hydrogen (secondary N) is 1. The van der Waals surface area contributed by atoms with Crippen molar-refractivity contribution in [3.63, 3.8) is 0 Å². The first-order chi connectivity index (χ1) is 13.8. The monoisotopic (exact) mass is 632 g/mol. The fraction of sp³-hybridized carbons (Fsp3) is 0.0952. The molecule has 29 heavy (non-hydrogen) atoms. The molecule has 150 valence electrons. The van der Waals surface area contributed by atoms with E-state index in [-0.39, 0.29) is 11.4 Å². The molecule has 1 amide bonds. The highest BCUT2D eigenvalue weighted by Crippen LogP contribution is 2.25. The van der Waals surface area contributed by atoms with Gasteiger partial charge >= 0.3 is 0 Å². The number of halogens is 2. The number of anilines is 2. The Labute approximate surface area is 197 Å². The summed E-state index contributed by atoms with van der Waals surface area (Å²) in [4.78, 5) is 12.9. The summed E-state index contributed by atoms with van der Waals surface area (Å²) in [6.45, 7) is 1.57. The fourth-order valence-corrected chi connectivity index (χ4v) is 5.18. The van der Waals surface area contributed by atoms with Crippen LogP contribution in [0, 0.1) is 14.1 Å². The van der Waals surface area contributed by atoms with Crippen LogP contribution in [0.25, 0.3) is 0 Å². The molecule has 0 saturated carbocycles. The van der Waals surface area contributed by atoms with Gasteiger partial charge in [0.25, 0.3) is 10.0 Å². The highest BCUT2D eigenvalue weighted by Gasteiger charge is 2.27. The smallest absolute Gasteiger partial charge is 0.264 e. The molecule has 0 unspecified atom stereocenters. The summed E-state index contributed by atoms with van der Waals surface area (Å²) in [5.41, 5.74) is 2.01. The highest BCUT2D eigenvalue weighted by atomic mass is 127. The molecule has 1 N–H and O–H groups in total. The molecular formula is C21H18I2N2O3S. The molecule has 0 heterocycles. The minimum absolute atomic E-state index is 0.136. The van der Waals surface area contributed by atoms with Gasteiger partial charge in [-0.1, -0.05) is 18.2 Å². The summed E-state index contributed by atoms with van der Waals surface area (Å²) in [6, 6.07) is 20.8. The molecule has 3 aromatic rings. The molecule has 5 nitrogen and oxygen atoms in total. The zero-order valence-corrected chi connectivity index (χ0v) is 20.6. The Bertz CT molecular complexity index is 1120. The summed E-state index contributed by atoms with van der Waals surface area (Å²) in [5.74, 6) is -0.410. The molecule has 3 rings (SSSR count). The Kier molecular flexibility index (Phi) is 7.17. The standard InChI is InChI=1S/C21H18I2N2O3S/c1-15-13-17(23)9-12-20(15)24-21(26)14-25(18-10-7-16(22)8-11-18)29(27,28)19-5-3-2-4-6-19/h2-13H,14H2,1H3,(H,24,26). The van der Waals surface area contributed by atoms with Crippen LogP contribution in [0.4, 0.5) is 11.4 Å². The molecule has 0 spiro atoms. The van der Waals surface area contributed by atoms with Crippen molar-refractivity contribution in [2.75, 3.05) is 16.2 Å². The summed E-state index contributed by atoms with van der Waals surface area (Å²) in [5, 5.41) is 2.82. The van der Waals surface area contributed by atoms with Gasteiger partial charge in [-0.2, -0.15) is 0 Å². The molecule has 0 saturated heterocycles. The molecule has 0 aliphatic heterocycles. The van der Waals surface area contributed by atoms with Crippen LogP contribution in [0.5, 0.6) is 0 Å². The van der Waals surface area contributed by atoms with Crippen LogP contribution in [-0.4, -0.2) is 20.9 Å². The predicted octanol–water partition coefficient (Wildman–Crippen LogP) is 5.04. The molecule has 0 aliphatic carbocycles. The lowest BCUT2D eigenvalue weighted by atomic mass is 10.2. The van der Waals surface area contributed by atoms with Crippen LogP contribution in [0.2, 0.25) is 0 Å². The van der Waals surface area contributed by atoms with E-state index in [0.717, 1.165) is 17.0 Å². The van der Waals surface area contributed by atoms with Crippen LogP contribution in [0.3, 0.4) is 0 Å². The van der Waals surface area contributed by atoms with Gasteiger partial charge in [-0.15, -0.1) is 0 Å². The third kappa shape index (κ3) is 5.48. The number of hydrogen-bond acceptors (Lipinski definition) is 3. The van der Waals surface area contributed by atoms with E-state index in [0.29, 0.717) is 11.4 Å². The maximum Gasteiger partial charge on any atom is 0.264 e. The number of hydrogen-bond donors (Lipinski definition) is 1. The van der Waals surface area contributed by atoms with E-state index >= 15 is 0 Å². The van der Waals surface area contributed by atoms with Crippen molar-refractivity contribution in [2.24, 2.45) is 0 Å². The summed E-state index contributed by atoms with van der Waals surface area (Å²) < 4.78 is 29.7. The molecule has 0 aliphatic rings. The SMILES string of the molecule is Cc1cc(I)ccc1NC(=O)CN(c1ccc(I)cc1)S(=O)(=O)c1ccccc1. The van der Waals surface area contributed by atoms with Crippen LogP contribution < -0.4 is 9.62 Å². The molecule has 0 atom stereocenters. The number of carbonyl (C=O) groups is 1. The summed E-state index contributed by atoms with van der Waals surface area (Å²) >= 11 is 4.35. The first-order valence-electron chi connectivity index (χ1n) is 8.67. The minimum atomic E-state index is -3.90. The molecule has 8 heteroatoms. The van der Waals surface area contributed by atoms with E-state index in [1.165, 1.54) is 12.1 Å². The van der Waals surface area contributed by atoms with E-state index in [1.807, 2.05) is 37.3 Å². The number of amides is 1. The van der Waals surface area contributed by atoms with E-state index in [4.69, 9.17) is 0 Å². The van der Waals surface area contributed by atoms with Gasteiger partial charge in [0, 0.05) is 12.8 Å². The molecule has 0 bridgehead atoms. The zero-order chi connectivity index (χ0) is 21.0. The number of nitrogens with zero attached hydrogens (tertiary/aromatic N) is 1. The molecule has 0 radical (unpaired) electrons. The number of benzene rings is 3. The Morgan fingerprint density at radius 2 is 1.55 bits per heavy atom. The third-order valence-corrected chi connectivity index (χ3v) is 7.37. The topological polar surface area (TPSA) is 66.5 Å². The lowest BCUT2D eigenvalue weighted by Gasteiger charge is -2.24. The predicted molar refractivity (Wildman–Crippen MR) is 133 cm³/mol. The summed E-state index contributed by atoms with van der Waals surface area (Å²) in [6.07, 6.45) is 0. The second kappa shape index (κ2) is 9.43. The lowest BCUT2D eigenvalue weighted by Crippen LogP contribution is -2.38. The average molecular weight is 632 g/mol. The van der Waals surface area contributed by atoms with Crippen molar-refractivity contribution in [2.45, 2.75) is 11.8 Å². The van der Waals surface area contributed by atoms with Gasteiger partial charge in [-0.3, -0.25) is 9.10 Å². The van der Waals surface area contributed by atoms with Gasteiger partial charge in [0.2, 0.25) is 5.91 Å². The van der Waals surface area contributed by atoms with Gasteiger partial charge < -0.3 is 5.32 Å². The van der Waals surface area contributed by atoms with Crippen molar-refractivity contribution in [1.82, 2.24) is 0 Å². The molecule has 0 aromatic heterocycles. The van der Waals surface area contributed by atoms with Crippen LogP contribution in [-0.2, 0) is 14.8 Å². The van der Waals surface area contributed by atoms with Gasteiger partial charge in [-0.25, -0.2) is 8.42 Å². The molecule has 3 aromatic carbocycles. The van der Waals surface area contributed by atoms with Crippen LogP contribution in [0.15, 0.2) is 77.7 Å². The van der Waals surface area contributed by atoms with Gasteiger partial charge in [0.1, 0.15) is 6.54 Å².